The summed E-state index contributed by atoms with van der Waals surface area (Å²) >= 11 is 0. The van der Waals surface area contributed by atoms with E-state index in [0.29, 0.717) is 18.4 Å². The predicted molar refractivity (Wildman–Crippen MR) is 148 cm³/mol. The Bertz CT molecular complexity index is 1070. The molecule has 3 rings (SSSR count). The van der Waals surface area contributed by atoms with E-state index >= 15 is 0 Å². The molecule has 2 heterocycles. The molecule has 4 N–H and O–H groups in total. The van der Waals surface area contributed by atoms with Crippen molar-refractivity contribution in [2.45, 2.75) is 60.4 Å². The van der Waals surface area contributed by atoms with Crippen LogP contribution in [0.15, 0.2) is 34.7 Å². The van der Waals surface area contributed by atoms with E-state index < -0.39 is 36.4 Å². The maximum absolute atomic E-state index is 12.4. The number of amides is 4. The van der Waals surface area contributed by atoms with Gasteiger partial charge in [0.2, 0.25) is 5.91 Å². The summed E-state index contributed by atoms with van der Waals surface area (Å²) in [6.07, 6.45) is 0.771. The third-order valence-electron chi connectivity index (χ3n) is 4.73. The minimum Gasteiger partial charge on any atom is -0.480 e. The molecule has 1 aliphatic heterocycles. The Kier molecular flexibility index (Phi) is 14.3. The molecule has 4 amide bonds. The lowest BCUT2D eigenvalue weighted by molar-refractivity contribution is -0.135. The van der Waals surface area contributed by atoms with Crippen molar-refractivity contribution in [3.05, 3.63) is 36.1 Å². The Labute approximate surface area is 229 Å². The number of benzene rings is 1. The van der Waals surface area contributed by atoms with Crippen LogP contribution in [0.5, 0.6) is 0 Å². The number of hydrogen-bond donors (Lipinski definition) is 4. The minimum absolute atomic E-state index is 0.0718. The molecule has 1 aliphatic rings. The molecule has 1 fully saturated rings. The number of likely N-dealkylation sites (tertiary alicyclic amines) is 1. The molecule has 0 aliphatic carbocycles. The van der Waals surface area contributed by atoms with E-state index in [1.807, 2.05) is 6.07 Å². The summed E-state index contributed by atoms with van der Waals surface area (Å²) in [6.45, 7) is 12.1. The first-order chi connectivity index (χ1) is 18.3. The highest BCUT2D eigenvalue weighted by Gasteiger charge is 2.28. The number of hydrogen-bond acceptors (Lipinski definition) is 6. The third-order valence-corrected chi connectivity index (χ3v) is 4.73. The van der Waals surface area contributed by atoms with Gasteiger partial charge in [0, 0.05) is 11.9 Å². The van der Waals surface area contributed by atoms with E-state index in [0.717, 1.165) is 17.2 Å². The molecule has 0 spiro atoms. The van der Waals surface area contributed by atoms with Crippen LogP contribution in [0.2, 0.25) is 0 Å². The molecule has 1 aromatic carbocycles. The van der Waals surface area contributed by atoms with E-state index in [2.05, 4.69) is 57.5 Å². The molecule has 0 saturated carbocycles. The Morgan fingerprint density at radius 3 is 2.21 bits per heavy atom. The number of fused-ring (bicyclic) bond motifs is 1. The number of carbonyl (C=O) groups is 5. The number of carbonyl (C=O) groups excluding carboxylic acids is 4. The Morgan fingerprint density at radius 2 is 1.62 bits per heavy atom. The molecule has 2 aromatic rings. The molecule has 216 valence electrons. The fourth-order valence-electron chi connectivity index (χ4n) is 3.20. The lowest BCUT2D eigenvalue weighted by Crippen LogP contribution is -2.48. The van der Waals surface area contributed by atoms with Gasteiger partial charge in [-0.05, 0) is 36.8 Å². The Morgan fingerprint density at radius 1 is 1.00 bits per heavy atom. The van der Waals surface area contributed by atoms with Crippen molar-refractivity contribution in [3.63, 3.8) is 0 Å². The van der Waals surface area contributed by atoms with Gasteiger partial charge in [-0.25, -0.2) is 4.79 Å². The molecule has 11 heteroatoms. The molecule has 0 bridgehead atoms. The molecule has 39 heavy (non-hydrogen) atoms. The fourth-order valence-corrected chi connectivity index (χ4v) is 3.20. The zero-order valence-corrected chi connectivity index (χ0v) is 23.7. The molecule has 1 unspecified atom stereocenters. The summed E-state index contributed by atoms with van der Waals surface area (Å²) in [7, 11) is 0. The number of para-hydroxylation sites is 1. The van der Waals surface area contributed by atoms with Gasteiger partial charge in [-0.2, -0.15) is 0 Å². The number of nitrogens with zero attached hydrogens (tertiary/aromatic N) is 1. The van der Waals surface area contributed by atoms with Crippen LogP contribution in [0.3, 0.4) is 0 Å². The zero-order chi connectivity index (χ0) is 29.5. The van der Waals surface area contributed by atoms with Gasteiger partial charge < -0.3 is 30.4 Å². The van der Waals surface area contributed by atoms with E-state index in [9.17, 15) is 24.0 Å². The van der Waals surface area contributed by atoms with Gasteiger partial charge in [-0.3, -0.25) is 19.2 Å². The van der Waals surface area contributed by atoms with Crippen LogP contribution >= 0.6 is 0 Å². The molecular formula is C28H42N4O7. The third kappa shape index (κ3) is 13.5. The highest BCUT2D eigenvalue weighted by Crippen LogP contribution is 2.18. The van der Waals surface area contributed by atoms with Gasteiger partial charge in [-0.1, -0.05) is 59.7 Å². The molecular weight excluding hydrogens is 504 g/mol. The number of rotatable bonds is 6. The quantitative estimate of drug-likeness (QED) is 0.432. The van der Waals surface area contributed by atoms with Crippen LogP contribution in [0, 0.1) is 11.8 Å². The van der Waals surface area contributed by atoms with Crippen LogP contribution in [0.25, 0.3) is 11.0 Å². The van der Waals surface area contributed by atoms with Crippen LogP contribution in [0.4, 0.5) is 4.79 Å². The molecule has 1 saturated heterocycles. The standard InChI is InChI=1S/C20H22N4O7.2C4H10/c25-14-11-24(20(30)22-10-18(27)28)7-3-5-13(14)23-17(26)9-21-19(29)16-8-12-4-1-2-6-15(12)31-16;2*1-4(2)3/h1-2,4,6,8,13H,3,5,7,9-11H2,(H,21,29)(H,22,30)(H,23,26)(H,27,28);2*4H,1-3H3. The summed E-state index contributed by atoms with van der Waals surface area (Å²) in [5.41, 5.74) is 0.554. The van der Waals surface area contributed by atoms with E-state index in [4.69, 9.17) is 9.52 Å². The second kappa shape index (κ2) is 16.8. The van der Waals surface area contributed by atoms with Gasteiger partial charge in [0.15, 0.2) is 11.5 Å². The number of ketones is 1. The molecule has 1 atom stereocenters. The second-order valence-electron chi connectivity index (χ2n) is 10.5. The lowest BCUT2D eigenvalue weighted by Gasteiger charge is -2.20. The summed E-state index contributed by atoms with van der Waals surface area (Å²) in [5.74, 6) is -0.932. The van der Waals surface area contributed by atoms with Crippen molar-refractivity contribution in [1.29, 1.82) is 0 Å². The normalized spacial score (nSPS) is 14.9. The average Bonchev–Trinajstić information content (AvgIpc) is 3.19. The van der Waals surface area contributed by atoms with Crippen molar-refractivity contribution < 1.29 is 33.5 Å². The largest absolute Gasteiger partial charge is 0.480 e. The number of furan rings is 1. The topological polar surface area (TPSA) is 158 Å². The maximum Gasteiger partial charge on any atom is 0.323 e. The Balaban J connectivity index is 0.000000838. The molecule has 11 nitrogen and oxygen atoms in total. The van der Waals surface area contributed by atoms with Crippen LogP contribution < -0.4 is 16.0 Å². The van der Waals surface area contributed by atoms with Crippen LogP contribution in [0.1, 0.15) is 64.9 Å². The summed E-state index contributed by atoms with van der Waals surface area (Å²) in [5, 5.41) is 16.6. The van der Waals surface area contributed by atoms with Crippen molar-refractivity contribution >= 4 is 40.6 Å². The predicted octanol–water partition coefficient (Wildman–Crippen LogP) is 3.43. The van der Waals surface area contributed by atoms with E-state index in [1.54, 1.807) is 24.3 Å². The molecule has 0 radical (unpaired) electrons. The van der Waals surface area contributed by atoms with Crippen molar-refractivity contribution in [3.8, 4) is 0 Å². The lowest BCUT2D eigenvalue weighted by atomic mass is 10.1. The molecule has 1 aromatic heterocycles. The monoisotopic (exact) mass is 546 g/mol. The van der Waals surface area contributed by atoms with Gasteiger partial charge in [0.25, 0.3) is 5.91 Å². The highest BCUT2D eigenvalue weighted by atomic mass is 16.4. The number of urea groups is 1. The number of carboxylic acids is 1. The first-order valence-corrected chi connectivity index (χ1v) is 13.1. The van der Waals surface area contributed by atoms with Gasteiger partial charge >= 0.3 is 12.0 Å². The summed E-state index contributed by atoms with van der Waals surface area (Å²) < 4.78 is 5.44. The van der Waals surface area contributed by atoms with Crippen molar-refractivity contribution in [1.82, 2.24) is 20.9 Å². The van der Waals surface area contributed by atoms with Crippen LogP contribution in [-0.2, 0) is 14.4 Å². The van der Waals surface area contributed by atoms with E-state index in [-0.39, 0.29) is 31.2 Å². The number of aliphatic carboxylic acids is 1. The smallest absolute Gasteiger partial charge is 0.323 e. The number of Topliss-reactive ketones (excluding diaryl/α,β-unsaturated/α-hetero) is 1. The maximum atomic E-state index is 12.4. The first kappa shape index (κ1) is 33.1. The summed E-state index contributed by atoms with van der Waals surface area (Å²) in [6, 6.07) is 7.23. The van der Waals surface area contributed by atoms with E-state index in [1.165, 1.54) is 4.90 Å². The van der Waals surface area contributed by atoms with Crippen molar-refractivity contribution in [2.24, 2.45) is 11.8 Å². The van der Waals surface area contributed by atoms with Crippen molar-refractivity contribution in [2.75, 3.05) is 26.2 Å². The number of carboxylic acid groups (broad SMARTS) is 1. The van der Waals surface area contributed by atoms with Gasteiger partial charge in [-0.15, -0.1) is 0 Å². The second-order valence-corrected chi connectivity index (χ2v) is 10.5. The number of nitrogens with one attached hydrogen (secondary N) is 3. The Hall–Kier alpha value is -3.89. The zero-order valence-electron chi connectivity index (χ0n) is 23.7. The first-order valence-electron chi connectivity index (χ1n) is 13.1. The van der Waals surface area contributed by atoms with Gasteiger partial charge in [0.1, 0.15) is 12.1 Å². The minimum atomic E-state index is -1.19. The SMILES string of the molecule is CC(C)C.CC(C)C.O=C(O)CNC(=O)N1CCCC(NC(=O)CNC(=O)c2cc3ccccc3o2)C(=O)C1. The van der Waals surface area contributed by atoms with Crippen LogP contribution in [-0.4, -0.2) is 71.8 Å². The highest BCUT2D eigenvalue weighted by molar-refractivity contribution is 5.98. The average molecular weight is 547 g/mol. The fraction of sp³-hybridized carbons (Fsp3) is 0.536. The van der Waals surface area contributed by atoms with Gasteiger partial charge in [0.05, 0.1) is 19.1 Å². The summed E-state index contributed by atoms with van der Waals surface area (Å²) in [4.78, 5) is 60.5.